The molecule has 0 aromatic heterocycles. The summed E-state index contributed by atoms with van der Waals surface area (Å²) in [7, 11) is 0. The Morgan fingerprint density at radius 3 is 2.95 bits per heavy atom. The van der Waals surface area contributed by atoms with Crippen molar-refractivity contribution in [2.75, 3.05) is 6.61 Å². The molecule has 108 valence electrons. The van der Waals surface area contributed by atoms with Crippen molar-refractivity contribution in [2.45, 2.75) is 12.8 Å². The number of rotatable bonds is 3. The number of Topliss-reactive ketones (excluding diaryl/α,β-unsaturated/α-hetero) is 1. The predicted molar refractivity (Wildman–Crippen MR) is 79.3 cm³/mol. The third-order valence-electron chi connectivity index (χ3n) is 3.71. The van der Waals surface area contributed by atoms with Crippen molar-refractivity contribution in [1.82, 2.24) is 0 Å². The fraction of sp³-hybridized carbons (Fsp3) is 0.235. The molecule has 0 saturated heterocycles. The first-order valence-electron chi connectivity index (χ1n) is 6.81. The third-order valence-corrected chi connectivity index (χ3v) is 4.08. The molecule has 0 spiro atoms. The number of hydrogen-bond acceptors (Lipinski definition) is 2. The molecular weight excluding hydrogens is 291 g/mol. The second-order valence-electron chi connectivity index (χ2n) is 5.20. The van der Waals surface area contributed by atoms with Crippen molar-refractivity contribution < 1.29 is 13.9 Å². The first kappa shape index (κ1) is 14.1. The maximum Gasteiger partial charge on any atom is 0.144 e. The second kappa shape index (κ2) is 5.86. The Labute approximate surface area is 127 Å². The molecule has 1 aliphatic rings. The molecule has 2 nitrogen and oxygen atoms in total. The SMILES string of the molecule is O=C(Cc1cc(F)ccc1Cl)C1COc2ccccc2C1. The molecule has 1 unspecified atom stereocenters. The van der Waals surface area contributed by atoms with E-state index < -0.39 is 0 Å². The van der Waals surface area contributed by atoms with Gasteiger partial charge in [-0.1, -0.05) is 29.8 Å². The summed E-state index contributed by atoms with van der Waals surface area (Å²) in [6.07, 6.45) is 0.786. The van der Waals surface area contributed by atoms with E-state index in [1.807, 2.05) is 24.3 Å². The molecular formula is C17H14ClFO2. The van der Waals surface area contributed by atoms with Crippen molar-refractivity contribution in [3.63, 3.8) is 0 Å². The first-order valence-corrected chi connectivity index (χ1v) is 7.18. The van der Waals surface area contributed by atoms with Gasteiger partial charge in [0.1, 0.15) is 17.3 Å². The molecule has 2 aromatic rings. The summed E-state index contributed by atoms with van der Waals surface area (Å²) in [6.45, 7) is 0.364. The molecule has 0 bridgehead atoms. The topological polar surface area (TPSA) is 26.3 Å². The number of hydrogen-bond donors (Lipinski definition) is 0. The van der Waals surface area contributed by atoms with Gasteiger partial charge in [-0.3, -0.25) is 4.79 Å². The molecule has 1 aliphatic heterocycles. The smallest absolute Gasteiger partial charge is 0.144 e. The monoisotopic (exact) mass is 304 g/mol. The highest BCUT2D eigenvalue weighted by atomic mass is 35.5. The zero-order valence-electron chi connectivity index (χ0n) is 11.3. The highest BCUT2D eigenvalue weighted by Gasteiger charge is 2.26. The van der Waals surface area contributed by atoms with Crippen LogP contribution >= 0.6 is 11.6 Å². The number of halogens is 2. The molecule has 0 aliphatic carbocycles. The molecule has 0 fully saturated rings. The minimum atomic E-state index is -0.382. The highest BCUT2D eigenvalue weighted by Crippen LogP contribution is 2.28. The number of ether oxygens (including phenoxy) is 1. The van der Waals surface area contributed by atoms with Crippen LogP contribution in [0.5, 0.6) is 5.75 Å². The normalized spacial score (nSPS) is 17.0. The van der Waals surface area contributed by atoms with E-state index in [0.717, 1.165) is 11.3 Å². The summed E-state index contributed by atoms with van der Waals surface area (Å²) >= 11 is 6.01. The highest BCUT2D eigenvalue weighted by molar-refractivity contribution is 6.31. The van der Waals surface area contributed by atoms with Crippen LogP contribution in [-0.4, -0.2) is 12.4 Å². The van der Waals surface area contributed by atoms with Crippen molar-refractivity contribution in [3.05, 3.63) is 64.4 Å². The minimum Gasteiger partial charge on any atom is -0.493 e. The van der Waals surface area contributed by atoms with E-state index in [9.17, 15) is 9.18 Å². The van der Waals surface area contributed by atoms with Gasteiger partial charge < -0.3 is 4.74 Å². The Hall–Kier alpha value is -1.87. The maximum atomic E-state index is 13.2. The first-order chi connectivity index (χ1) is 10.1. The standard InChI is InChI=1S/C17H14ClFO2/c18-15-6-5-14(19)8-12(15)9-16(20)13-7-11-3-1-2-4-17(11)21-10-13/h1-6,8,13H,7,9-10H2. The summed E-state index contributed by atoms with van der Waals surface area (Å²) in [5.41, 5.74) is 1.56. The Bertz CT molecular complexity index is 684. The van der Waals surface area contributed by atoms with Gasteiger partial charge in [-0.25, -0.2) is 4.39 Å². The lowest BCUT2D eigenvalue weighted by Gasteiger charge is -2.24. The van der Waals surface area contributed by atoms with Crippen LogP contribution in [0.15, 0.2) is 42.5 Å². The zero-order chi connectivity index (χ0) is 14.8. The van der Waals surface area contributed by atoms with Crippen molar-refractivity contribution in [3.8, 4) is 5.75 Å². The van der Waals surface area contributed by atoms with Crippen molar-refractivity contribution in [2.24, 2.45) is 5.92 Å². The maximum absolute atomic E-state index is 13.2. The van der Waals surface area contributed by atoms with E-state index >= 15 is 0 Å². The number of ketones is 1. The van der Waals surface area contributed by atoms with Crippen LogP contribution in [-0.2, 0) is 17.6 Å². The lowest BCUT2D eigenvalue weighted by molar-refractivity contribution is -0.123. The van der Waals surface area contributed by atoms with Crippen molar-refractivity contribution >= 4 is 17.4 Å². The van der Waals surface area contributed by atoms with Gasteiger partial charge in [-0.2, -0.15) is 0 Å². The third kappa shape index (κ3) is 3.08. The average molecular weight is 305 g/mol. The molecule has 4 heteroatoms. The Balaban J connectivity index is 1.74. The summed E-state index contributed by atoms with van der Waals surface area (Å²) in [5.74, 6) is 0.272. The van der Waals surface area contributed by atoms with E-state index in [2.05, 4.69) is 0 Å². The zero-order valence-corrected chi connectivity index (χ0v) is 12.1. The van der Waals surface area contributed by atoms with E-state index in [1.54, 1.807) is 0 Å². The van der Waals surface area contributed by atoms with Gasteiger partial charge in [0, 0.05) is 11.4 Å². The average Bonchev–Trinajstić information content (AvgIpc) is 2.50. The molecule has 0 amide bonds. The van der Waals surface area contributed by atoms with Crippen LogP contribution in [0.2, 0.25) is 5.02 Å². The second-order valence-corrected chi connectivity index (χ2v) is 5.61. The number of benzene rings is 2. The van der Waals surface area contributed by atoms with Gasteiger partial charge in [-0.15, -0.1) is 0 Å². The van der Waals surface area contributed by atoms with Crippen LogP contribution in [0.1, 0.15) is 11.1 Å². The van der Waals surface area contributed by atoms with Gasteiger partial charge in [0.05, 0.1) is 12.5 Å². The van der Waals surface area contributed by atoms with Crippen LogP contribution in [0.25, 0.3) is 0 Å². The Morgan fingerprint density at radius 2 is 2.10 bits per heavy atom. The van der Waals surface area contributed by atoms with E-state index in [4.69, 9.17) is 16.3 Å². The predicted octanol–water partition coefficient (Wildman–Crippen LogP) is 3.84. The summed E-state index contributed by atoms with van der Waals surface area (Å²) < 4.78 is 18.9. The molecule has 0 N–H and O–H groups in total. The lowest BCUT2D eigenvalue weighted by atomic mass is 9.90. The van der Waals surface area contributed by atoms with Gasteiger partial charge in [0.15, 0.2) is 0 Å². The van der Waals surface area contributed by atoms with Crippen LogP contribution in [0, 0.1) is 11.7 Å². The minimum absolute atomic E-state index is 0.0250. The summed E-state index contributed by atoms with van der Waals surface area (Å²) in [6, 6.07) is 11.8. The fourth-order valence-electron chi connectivity index (χ4n) is 2.55. The van der Waals surface area contributed by atoms with Gasteiger partial charge in [-0.05, 0) is 41.8 Å². The van der Waals surface area contributed by atoms with Gasteiger partial charge in [0.2, 0.25) is 0 Å². The molecule has 1 atom stereocenters. The van der Waals surface area contributed by atoms with Gasteiger partial charge in [0.25, 0.3) is 0 Å². The molecule has 1 heterocycles. The largest absolute Gasteiger partial charge is 0.493 e. The summed E-state index contributed by atoms with van der Waals surface area (Å²) in [5, 5.41) is 0.418. The number of para-hydroxylation sites is 1. The number of carbonyl (C=O) groups is 1. The molecule has 3 rings (SSSR count). The van der Waals surface area contributed by atoms with Crippen molar-refractivity contribution in [1.29, 1.82) is 0 Å². The number of carbonyl (C=O) groups excluding carboxylic acids is 1. The molecule has 0 radical (unpaired) electrons. The lowest BCUT2D eigenvalue weighted by Crippen LogP contribution is -2.29. The van der Waals surface area contributed by atoms with Crippen LogP contribution in [0.4, 0.5) is 4.39 Å². The molecule has 2 aromatic carbocycles. The summed E-state index contributed by atoms with van der Waals surface area (Å²) in [4.78, 5) is 12.4. The van der Waals surface area contributed by atoms with Crippen LogP contribution < -0.4 is 4.74 Å². The molecule has 21 heavy (non-hydrogen) atoms. The Kier molecular flexibility index (Phi) is 3.93. The quantitative estimate of drug-likeness (QED) is 0.861. The number of fused-ring (bicyclic) bond motifs is 1. The van der Waals surface area contributed by atoms with Crippen LogP contribution in [0.3, 0.4) is 0 Å². The van der Waals surface area contributed by atoms with E-state index in [0.29, 0.717) is 23.6 Å². The van der Waals surface area contributed by atoms with Gasteiger partial charge >= 0.3 is 0 Å². The van der Waals surface area contributed by atoms with E-state index in [1.165, 1.54) is 18.2 Å². The fourth-order valence-corrected chi connectivity index (χ4v) is 2.73. The van der Waals surface area contributed by atoms with E-state index in [-0.39, 0.29) is 23.9 Å². The molecule has 0 saturated carbocycles. The Morgan fingerprint density at radius 1 is 1.29 bits per heavy atom.